The number of carbonyl (C=O) groups is 2. The van der Waals surface area contributed by atoms with E-state index in [9.17, 15) is 31.5 Å². The molecule has 2 atom stereocenters. The van der Waals surface area contributed by atoms with Gasteiger partial charge in [-0.3, -0.25) is 9.59 Å². The molecule has 0 rings (SSSR count). The van der Waals surface area contributed by atoms with Gasteiger partial charge in [0.2, 0.25) is 0 Å². The fourth-order valence-corrected chi connectivity index (χ4v) is 5.46. The molecule has 130 valence electrons. The molecule has 3 N–H and O–H groups in total. The zero-order chi connectivity index (χ0) is 17.7. The Morgan fingerprint density at radius 2 is 1.09 bits per heavy atom. The van der Waals surface area contributed by atoms with E-state index in [1.807, 2.05) is 0 Å². The zero-order valence-corrected chi connectivity index (χ0v) is 15.7. The molecule has 0 amide bonds. The maximum Gasteiger partial charge on any atom is 0.305 e. The van der Waals surface area contributed by atoms with E-state index in [2.05, 4.69) is 31.9 Å². The Balaban J connectivity index is 4.83. The number of carboxylic acids is 2. The highest BCUT2D eigenvalue weighted by atomic mass is 79.9. The second-order valence-electron chi connectivity index (χ2n) is 4.33. The third kappa shape index (κ3) is 7.85. The van der Waals surface area contributed by atoms with Crippen LogP contribution < -0.4 is 0 Å². The molecule has 0 aromatic rings. The molecule has 0 aliphatic rings. The highest BCUT2D eigenvalue weighted by Crippen LogP contribution is 2.19. The molecular weight excluding hydrogens is 476 g/mol. The van der Waals surface area contributed by atoms with E-state index in [1.165, 1.54) is 0 Å². The van der Waals surface area contributed by atoms with E-state index in [0.29, 0.717) is 0 Å². The van der Waals surface area contributed by atoms with Crippen LogP contribution in [0.25, 0.3) is 0 Å². The molecule has 0 aromatic heterocycles. The molecule has 0 saturated carbocycles. The van der Waals surface area contributed by atoms with Gasteiger partial charge in [-0.2, -0.15) is 0 Å². The summed E-state index contributed by atoms with van der Waals surface area (Å²) in [5, 5.41) is 26.6. The molecule has 0 bridgehead atoms. The van der Waals surface area contributed by atoms with Gasteiger partial charge in [-0.1, -0.05) is 31.9 Å². The topological polar surface area (TPSA) is 163 Å². The van der Waals surface area contributed by atoms with E-state index in [-0.39, 0.29) is 0 Å². The fourth-order valence-electron chi connectivity index (χ4n) is 1.32. The molecule has 0 heterocycles. The SMILES string of the molecule is O=C(O)CC(Br)S(=O)(=O)CC(O)CS(=O)(=O)C(Br)CC(=O)O. The van der Waals surface area contributed by atoms with Crippen molar-refractivity contribution in [3.8, 4) is 0 Å². The lowest BCUT2D eigenvalue weighted by Crippen LogP contribution is -2.35. The van der Waals surface area contributed by atoms with Crippen molar-refractivity contribution in [3.05, 3.63) is 0 Å². The lowest BCUT2D eigenvalue weighted by atomic mass is 10.5. The third-order valence-electron chi connectivity index (χ3n) is 2.30. The molecule has 0 aromatic carbocycles. The standard InChI is InChI=1S/C9H14Br2O9S2/c10-6(1-8(13)14)21(17,18)3-5(12)4-22(19,20)7(11)2-9(15)16/h5-7,12H,1-4H2,(H,13,14)(H,15,16). The molecule has 0 aliphatic carbocycles. The molecule has 13 heteroatoms. The number of aliphatic carboxylic acids is 2. The van der Waals surface area contributed by atoms with Crippen LogP contribution >= 0.6 is 31.9 Å². The molecule has 22 heavy (non-hydrogen) atoms. The van der Waals surface area contributed by atoms with Gasteiger partial charge >= 0.3 is 11.9 Å². The lowest BCUT2D eigenvalue weighted by Gasteiger charge is -2.16. The van der Waals surface area contributed by atoms with Gasteiger partial charge in [0.25, 0.3) is 0 Å². The largest absolute Gasteiger partial charge is 0.481 e. The van der Waals surface area contributed by atoms with Gasteiger partial charge in [-0.15, -0.1) is 0 Å². The lowest BCUT2D eigenvalue weighted by molar-refractivity contribution is -0.137. The normalized spacial score (nSPS) is 16.7. The second-order valence-corrected chi connectivity index (χ2v) is 12.2. The second kappa shape index (κ2) is 8.57. The average Bonchev–Trinajstić information content (AvgIpc) is 2.24. The van der Waals surface area contributed by atoms with Gasteiger partial charge in [0.1, 0.15) is 8.32 Å². The molecule has 0 fully saturated rings. The monoisotopic (exact) mass is 488 g/mol. The number of hydrogen-bond donors (Lipinski definition) is 3. The number of sulfone groups is 2. The Morgan fingerprint density at radius 1 is 0.818 bits per heavy atom. The predicted molar refractivity (Wildman–Crippen MR) is 83.5 cm³/mol. The van der Waals surface area contributed by atoms with E-state index >= 15 is 0 Å². The first-order chi connectivity index (χ1) is 9.78. The van der Waals surface area contributed by atoms with Crippen LogP contribution in [-0.2, 0) is 29.3 Å². The Morgan fingerprint density at radius 3 is 1.32 bits per heavy atom. The summed E-state index contributed by atoms with van der Waals surface area (Å²) < 4.78 is 44.0. The first-order valence-electron chi connectivity index (χ1n) is 5.61. The number of hydrogen-bond acceptors (Lipinski definition) is 7. The van der Waals surface area contributed by atoms with E-state index < -0.39 is 70.4 Å². The van der Waals surface area contributed by atoms with Gasteiger partial charge in [0, 0.05) is 0 Å². The quantitative estimate of drug-likeness (QED) is 0.345. The molecule has 0 aliphatic heterocycles. The zero-order valence-electron chi connectivity index (χ0n) is 10.9. The first kappa shape index (κ1) is 21.8. The number of alkyl halides is 2. The van der Waals surface area contributed by atoms with Crippen LogP contribution in [0.2, 0.25) is 0 Å². The summed E-state index contributed by atoms with van der Waals surface area (Å²) in [7, 11) is -8.17. The average molecular weight is 490 g/mol. The fraction of sp³-hybridized carbons (Fsp3) is 0.778. The van der Waals surface area contributed by atoms with E-state index in [0.717, 1.165) is 0 Å². The maximum atomic E-state index is 11.7. The number of carboxylic acid groups (broad SMARTS) is 2. The van der Waals surface area contributed by atoms with Crippen LogP contribution in [-0.4, -0.2) is 70.0 Å². The Bertz CT molecular complexity index is 559. The summed E-state index contributed by atoms with van der Waals surface area (Å²) in [5.41, 5.74) is 0. The van der Waals surface area contributed by atoms with Crippen molar-refractivity contribution in [3.63, 3.8) is 0 Å². The van der Waals surface area contributed by atoms with Crippen molar-refractivity contribution in [1.82, 2.24) is 0 Å². The molecule has 2 unspecified atom stereocenters. The van der Waals surface area contributed by atoms with Crippen LogP contribution in [0.4, 0.5) is 0 Å². The summed E-state index contributed by atoms with van der Waals surface area (Å²) in [6.45, 7) is 0. The van der Waals surface area contributed by atoms with Gasteiger partial charge in [-0.05, 0) is 0 Å². The summed E-state index contributed by atoms with van der Waals surface area (Å²) in [5.74, 6) is -4.70. The summed E-state index contributed by atoms with van der Waals surface area (Å²) >= 11 is 5.31. The van der Waals surface area contributed by atoms with Crippen molar-refractivity contribution in [2.45, 2.75) is 27.3 Å². The minimum absolute atomic E-state index is 0.748. The van der Waals surface area contributed by atoms with Crippen LogP contribution in [0.5, 0.6) is 0 Å². The number of aliphatic hydroxyl groups excluding tert-OH is 1. The van der Waals surface area contributed by atoms with Gasteiger partial charge in [-0.25, -0.2) is 16.8 Å². The van der Waals surface area contributed by atoms with E-state index in [4.69, 9.17) is 10.2 Å². The minimum Gasteiger partial charge on any atom is -0.481 e. The first-order valence-corrected chi connectivity index (χ1v) is 10.9. The van der Waals surface area contributed by atoms with Crippen LogP contribution in [0.15, 0.2) is 0 Å². The van der Waals surface area contributed by atoms with Gasteiger partial charge < -0.3 is 15.3 Å². The summed E-state index contributed by atoms with van der Waals surface area (Å²) in [6, 6.07) is 0. The van der Waals surface area contributed by atoms with Crippen molar-refractivity contribution in [1.29, 1.82) is 0 Å². The molecule has 0 saturated heterocycles. The Kier molecular flexibility index (Phi) is 8.47. The van der Waals surface area contributed by atoms with Gasteiger partial charge in [0.15, 0.2) is 19.7 Å². The van der Waals surface area contributed by atoms with Crippen LogP contribution in [0.3, 0.4) is 0 Å². The van der Waals surface area contributed by atoms with Crippen molar-refractivity contribution >= 4 is 63.5 Å². The molecular formula is C9H14Br2O9S2. The van der Waals surface area contributed by atoms with Crippen molar-refractivity contribution in [2.24, 2.45) is 0 Å². The highest BCUT2D eigenvalue weighted by Gasteiger charge is 2.33. The van der Waals surface area contributed by atoms with Gasteiger partial charge in [0.05, 0.1) is 30.5 Å². The van der Waals surface area contributed by atoms with Crippen molar-refractivity contribution in [2.75, 3.05) is 11.5 Å². The Hall–Kier alpha value is -0.240. The third-order valence-corrected chi connectivity index (χ3v) is 9.95. The summed E-state index contributed by atoms with van der Waals surface area (Å²) in [4.78, 5) is 20.9. The number of rotatable bonds is 10. The van der Waals surface area contributed by atoms with E-state index in [1.54, 1.807) is 0 Å². The molecule has 9 nitrogen and oxygen atoms in total. The minimum atomic E-state index is -4.09. The molecule has 0 radical (unpaired) electrons. The van der Waals surface area contributed by atoms with Crippen molar-refractivity contribution < 1.29 is 41.7 Å². The maximum absolute atomic E-state index is 11.7. The highest BCUT2D eigenvalue weighted by molar-refractivity contribution is 9.11. The predicted octanol–water partition coefficient (Wildman–Crippen LogP) is -0.432. The van der Waals surface area contributed by atoms with Crippen LogP contribution in [0.1, 0.15) is 12.8 Å². The molecule has 0 spiro atoms. The Labute approximate surface area is 143 Å². The number of aliphatic hydroxyl groups is 1. The summed E-state index contributed by atoms with van der Waals surface area (Å²) in [6.07, 6.45) is -3.30. The van der Waals surface area contributed by atoms with Crippen LogP contribution in [0, 0.1) is 0 Å². The number of halogens is 2. The smallest absolute Gasteiger partial charge is 0.305 e.